The second-order valence-corrected chi connectivity index (χ2v) is 28.1. The van der Waals surface area contributed by atoms with Crippen molar-refractivity contribution in [1.82, 2.24) is 0 Å². The van der Waals surface area contributed by atoms with Crippen LogP contribution in [0.15, 0.2) is 235 Å². The van der Waals surface area contributed by atoms with Crippen LogP contribution in [0, 0.1) is 6.92 Å². The summed E-state index contributed by atoms with van der Waals surface area (Å²) in [7, 11) is -7.48. The van der Waals surface area contributed by atoms with Gasteiger partial charge in [0.05, 0.1) is 102 Å². The van der Waals surface area contributed by atoms with Crippen molar-refractivity contribution in [2.24, 2.45) is 0 Å². The molecule has 0 atom stereocenters. The van der Waals surface area contributed by atoms with Gasteiger partial charge in [-0.3, -0.25) is 38.2 Å². The fourth-order valence-corrected chi connectivity index (χ4v) is 12.7. The van der Waals surface area contributed by atoms with Gasteiger partial charge in [0, 0.05) is 25.1 Å². The Bertz CT molecular complexity index is 5370. The summed E-state index contributed by atoms with van der Waals surface area (Å²) in [6.45, 7) is 9.94. The SMILES string of the molecule is CCOC(=O)c1ccccc1NC(=O)c1ccccc1NC(=O)CCCC(=O)O.CCc1cccc(C(=O)O)c1NC(=O)c1ccccc1NCc1ccccc1.CCc1cccc(C(=O)O)c1NC(=O)c1ccccc1NS(=O)(=O)c1ccc(C)cc1.CCc1cccc(C(=O)O)c1NC(=O)c1ccccc1NS(C)(=O)=O. The molecule has 0 bridgehead atoms. The molecule has 10 rings (SSSR count). The number of hydrogen-bond donors (Lipinski definition) is 12. The Morgan fingerprint density at radius 1 is 0.363 bits per heavy atom. The number of carbonyl (C=O) groups is 10. The minimum atomic E-state index is -3.92. The van der Waals surface area contributed by atoms with E-state index >= 15 is 0 Å². The van der Waals surface area contributed by atoms with Crippen molar-refractivity contribution in [3.8, 4) is 0 Å². The van der Waals surface area contributed by atoms with E-state index in [1.807, 2.05) is 76.2 Å². The fourth-order valence-electron chi connectivity index (χ4n) is 11.1. The number of hydrogen-bond acceptors (Lipinski definition) is 16. The largest absolute Gasteiger partial charge is 0.481 e. The summed E-state index contributed by atoms with van der Waals surface area (Å²) in [5.41, 5.74) is 7.42. The number of benzene rings is 10. The number of sulfonamides is 2. The zero-order valence-corrected chi connectivity index (χ0v) is 64.0. The third-order valence-corrected chi connectivity index (χ3v) is 18.6. The van der Waals surface area contributed by atoms with Crippen LogP contribution in [0.4, 0.5) is 45.5 Å². The number of amides is 5. The molecule has 0 unspecified atom stereocenters. The zero-order chi connectivity index (χ0) is 82.4. The van der Waals surface area contributed by atoms with Gasteiger partial charge in [-0.05, 0) is 153 Å². The molecule has 0 fully saturated rings. The number of carboxylic acid groups (broad SMARTS) is 4. The number of rotatable bonds is 29. The Labute approximate surface area is 653 Å². The average Bonchev–Trinajstić information content (AvgIpc) is 0.817. The zero-order valence-electron chi connectivity index (χ0n) is 62.3. The Morgan fingerprint density at radius 2 is 0.717 bits per heavy atom. The van der Waals surface area contributed by atoms with Crippen LogP contribution in [0.2, 0.25) is 0 Å². The molecule has 27 nitrogen and oxygen atoms in total. The number of aliphatic carboxylic acids is 1. The molecule has 12 N–H and O–H groups in total. The molecule has 0 aliphatic heterocycles. The number of nitrogens with one attached hydrogen (secondary N) is 8. The van der Waals surface area contributed by atoms with Gasteiger partial charge in [0.15, 0.2) is 0 Å². The lowest BCUT2D eigenvalue weighted by molar-refractivity contribution is -0.137. The normalized spacial score (nSPS) is 10.6. The van der Waals surface area contributed by atoms with Gasteiger partial charge in [0.1, 0.15) is 0 Å². The first kappa shape index (κ1) is 86.4. The van der Waals surface area contributed by atoms with Crippen molar-refractivity contribution in [2.75, 3.05) is 54.2 Å². The van der Waals surface area contributed by atoms with Gasteiger partial charge in [-0.2, -0.15) is 0 Å². The molecule has 0 aliphatic rings. The lowest BCUT2D eigenvalue weighted by Gasteiger charge is -2.16. The summed E-state index contributed by atoms with van der Waals surface area (Å²) in [4.78, 5) is 121. The lowest BCUT2D eigenvalue weighted by Crippen LogP contribution is -2.20. The second-order valence-electron chi connectivity index (χ2n) is 24.7. The minimum absolute atomic E-state index is 0.0218. The molecule has 0 saturated heterocycles. The summed E-state index contributed by atoms with van der Waals surface area (Å²) in [5.74, 6) is -7.39. The lowest BCUT2D eigenvalue weighted by atomic mass is 10.0. The summed E-state index contributed by atoms with van der Waals surface area (Å²) >= 11 is 0. The molecule has 0 spiro atoms. The number of para-hydroxylation sites is 8. The molecule has 5 amide bonds. The van der Waals surface area contributed by atoms with Crippen LogP contribution in [0.25, 0.3) is 0 Å². The van der Waals surface area contributed by atoms with E-state index in [2.05, 4.69) is 41.3 Å². The Hall–Kier alpha value is -13.8. The Morgan fingerprint density at radius 3 is 1.12 bits per heavy atom. The Balaban J connectivity index is 0.000000209. The first-order valence-electron chi connectivity index (χ1n) is 35.3. The van der Waals surface area contributed by atoms with Gasteiger partial charge in [0.2, 0.25) is 15.9 Å². The van der Waals surface area contributed by atoms with Crippen molar-refractivity contribution in [3.05, 3.63) is 303 Å². The van der Waals surface area contributed by atoms with Crippen LogP contribution in [0.3, 0.4) is 0 Å². The maximum atomic E-state index is 13.0. The van der Waals surface area contributed by atoms with Crippen LogP contribution >= 0.6 is 0 Å². The van der Waals surface area contributed by atoms with Crippen molar-refractivity contribution in [1.29, 1.82) is 0 Å². The predicted molar refractivity (Wildman–Crippen MR) is 433 cm³/mol. The predicted octanol–water partition coefficient (Wildman–Crippen LogP) is 15.0. The van der Waals surface area contributed by atoms with Crippen molar-refractivity contribution in [2.45, 2.75) is 84.6 Å². The molecular formula is C84H84N8O19S2. The van der Waals surface area contributed by atoms with Crippen molar-refractivity contribution >= 4 is 125 Å². The van der Waals surface area contributed by atoms with Crippen LogP contribution in [0.5, 0.6) is 0 Å². The molecule has 10 aromatic carbocycles. The van der Waals surface area contributed by atoms with Gasteiger partial charge in [-0.25, -0.2) is 36.0 Å². The standard InChI is InChI=1S/C23H22N2O5S.C23H22N2O3.C21H22N2O6.C17H18N2O5S/c1-3-16-7-6-9-19(23(27)28)21(16)24-22(26)18-8-4-5-10-20(18)25-31(29,30)17-13-11-15(2)12-14-17;1-2-17-11-8-13-19(23(27)28)21(17)25-22(26)18-12-6-7-14-20(18)24-15-16-9-4-3-5-10-16;1-2-29-21(28)15-9-4-6-11-17(15)23-20(27)14-8-3-5-10-16(14)22-18(24)12-7-13-19(25)26;1-3-11-7-6-9-13(17(21)22)15(11)18-16(20)12-8-4-5-10-14(12)19-25(2,23)24/h4-14,25H,3H2,1-2H3,(H,24,26)(H,27,28);3-14,24H,2,15H2,1H3,(H,25,26)(H,27,28);3-6,8-11H,2,7,12-13H2,1H3,(H,22,24)(H,23,27)(H,25,26);4-10,19H,3H2,1-2H3,(H,18,20)(H,21,22). The van der Waals surface area contributed by atoms with E-state index in [-0.39, 0.29) is 98.4 Å². The summed E-state index contributed by atoms with van der Waals surface area (Å²) in [6.07, 6.45) is 2.75. The van der Waals surface area contributed by atoms with E-state index < -0.39 is 73.5 Å². The van der Waals surface area contributed by atoms with E-state index in [1.165, 1.54) is 60.7 Å². The smallest absolute Gasteiger partial charge is 0.340 e. The third kappa shape index (κ3) is 25.4. The van der Waals surface area contributed by atoms with E-state index in [0.717, 1.165) is 22.9 Å². The van der Waals surface area contributed by atoms with Crippen molar-refractivity contribution < 1.29 is 89.9 Å². The third-order valence-electron chi connectivity index (χ3n) is 16.6. The van der Waals surface area contributed by atoms with Crippen LogP contribution in [0.1, 0.15) is 158 Å². The number of carboxylic acids is 4. The molecule has 0 aromatic heterocycles. The molecule has 0 saturated carbocycles. The first-order valence-corrected chi connectivity index (χ1v) is 38.6. The van der Waals surface area contributed by atoms with E-state index in [4.69, 9.17) is 9.84 Å². The molecule has 113 heavy (non-hydrogen) atoms. The van der Waals surface area contributed by atoms with Gasteiger partial charge in [0.25, 0.3) is 33.7 Å². The number of ether oxygens (including phenoxy) is 1. The van der Waals surface area contributed by atoms with Crippen molar-refractivity contribution in [3.63, 3.8) is 0 Å². The Kier molecular flexibility index (Phi) is 31.9. The highest BCUT2D eigenvalue weighted by molar-refractivity contribution is 7.92. The van der Waals surface area contributed by atoms with Gasteiger partial charge < -0.3 is 57.1 Å². The van der Waals surface area contributed by atoms with E-state index in [0.29, 0.717) is 65.2 Å². The molecular weight excluding hydrogens is 1490 g/mol. The van der Waals surface area contributed by atoms with Crippen LogP contribution in [-0.2, 0) is 60.2 Å². The molecule has 10 aromatic rings. The van der Waals surface area contributed by atoms with E-state index in [1.54, 1.807) is 128 Å². The summed E-state index contributed by atoms with van der Waals surface area (Å²) in [6, 6.07) is 63.0. The fraction of sp³-hybridized carbons (Fsp3) is 0.167. The number of carbonyl (C=O) groups excluding carboxylic acids is 6. The number of esters is 1. The molecule has 0 heterocycles. The monoisotopic (exact) mass is 1570 g/mol. The average molecular weight is 1570 g/mol. The van der Waals surface area contributed by atoms with E-state index in [9.17, 15) is 80.1 Å². The highest BCUT2D eigenvalue weighted by Gasteiger charge is 2.25. The molecule has 29 heteroatoms. The van der Waals surface area contributed by atoms with Gasteiger partial charge in [-0.15, -0.1) is 0 Å². The van der Waals surface area contributed by atoms with Gasteiger partial charge in [-0.1, -0.05) is 166 Å². The molecule has 0 aliphatic carbocycles. The second kappa shape index (κ2) is 41.7. The maximum absolute atomic E-state index is 13.0. The minimum Gasteiger partial charge on any atom is -0.481 e. The molecule has 586 valence electrons. The highest BCUT2D eigenvalue weighted by Crippen LogP contribution is 2.30. The highest BCUT2D eigenvalue weighted by atomic mass is 32.2. The maximum Gasteiger partial charge on any atom is 0.340 e. The van der Waals surface area contributed by atoms with Crippen LogP contribution < -0.4 is 41.3 Å². The quantitative estimate of drug-likeness (QED) is 0.0194. The van der Waals surface area contributed by atoms with Gasteiger partial charge >= 0.3 is 29.8 Å². The van der Waals surface area contributed by atoms with Crippen LogP contribution in [-0.4, -0.2) is 110 Å². The topological polar surface area (TPSA) is 425 Å². The number of anilines is 8. The summed E-state index contributed by atoms with van der Waals surface area (Å²) < 4.78 is 58.2. The summed E-state index contributed by atoms with van der Waals surface area (Å²) in [5, 5.41) is 53.6. The first-order chi connectivity index (χ1) is 54.0. The molecule has 0 radical (unpaired) electrons. The number of aromatic carboxylic acids is 3. The number of aryl methyl sites for hydroxylation is 4.